The molecule has 0 aliphatic carbocycles. The molecule has 0 radical (unpaired) electrons. The summed E-state index contributed by atoms with van der Waals surface area (Å²) in [5, 5.41) is 5.05. The fourth-order valence-corrected chi connectivity index (χ4v) is 6.75. The van der Waals surface area contributed by atoms with Gasteiger partial charge >= 0.3 is 0 Å². The molecule has 0 unspecified atom stereocenters. The predicted molar refractivity (Wildman–Crippen MR) is 128 cm³/mol. The lowest BCUT2D eigenvalue weighted by molar-refractivity contribution is -0.126. The topological polar surface area (TPSA) is 66.5 Å². The Bertz CT molecular complexity index is 1220. The van der Waals surface area contributed by atoms with Crippen LogP contribution in [0.2, 0.25) is 0 Å². The van der Waals surface area contributed by atoms with Crippen molar-refractivity contribution in [1.82, 2.24) is 9.62 Å². The van der Waals surface area contributed by atoms with Gasteiger partial charge in [0.15, 0.2) is 0 Å². The number of hydrogen-bond acceptors (Lipinski definition) is 4. The number of sulfonamides is 1. The number of thiophene rings is 1. The van der Waals surface area contributed by atoms with E-state index < -0.39 is 10.0 Å². The smallest absolute Gasteiger partial charge is 0.243 e. The van der Waals surface area contributed by atoms with E-state index in [0.717, 1.165) is 21.6 Å². The molecular formula is C25H27FN2O3S2. The molecule has 174 valence electrons. The van der Waals surface area contributed by atoms with Crippen LogP contribution in [0.15, 0.2) is 64.9 Å². The summed E-state index contributed by atoms with van der Waals surface area (Å²) in [5.74, 6) is -0.716. The number of nitrogens with zero attached hydrogens (tertiary/aromatic N) is 1. The standard InChI is InChI=1S/C25H27FN2O3S2/c1-17-5-10-23(18(2)16-17)33(30,31)28-13-11-20(12-14-28)25(29)27-24(22-4-3-15-32-22)19-6-8-21(26)9-7-19/h3-10,15-16,20,24H,11-14H2,1-2H3,(H,27,29)/t24-/m0/s1. The third kappa shape index (κ3) is 5.18. The maximum absolute atomic E-state index is 13.4. The first-order valence-electron chi connectivity index (χ1n) is 10.9. The molecule has 1 aromatic heterocycles. The molecule has 33 heavy (non-hydrogen) atoms. The second kappa shape index (κ2) is 9.75. The third-order valence-electron chi connectivity index (χ3n) is 6.09. The van der Waals surface area contributed by atoms with E-state index in [1.807, 2.05) is 30.5 Å². The molecule has 1 saturated heterocycles. The van der Waals surface area contributed by atoms with Gasteiger partial charge in [-0.05, 0) is 67.5 Å². The van der Waals surface area contributed by atoms with Crippen molar-refractivity contribution in [3.8, 4) is 0 Å². The highest BCUT2D eigenvalue weighted by molar-refractivity contribution is 7.89. The summed E-state index contributed by atoms with van der Waals surface area (Å²) in [4.78, 5) is 14.4. The number of benzene rings is 2. The van der Waals surface area contributed by atoms with Crippen molar-refractivity contribution in [3.63, 3.8) is 0 Å². The highest BCUT2D eigenvalue weighted by Gasteiger charge is 2.33. The monoisotopic (exact) mass is 486 g/mol. The SMILES string of the molecule is Cc1ccc(S(=O)(=O)N2CCC(C(=O)N[C@@H](c3ccc(F)cc3)c3cccs3)CC2)c(C)c1. The number of hydrogen-bond donors (Lipinski definition) is 1. The molecule has 2 heterocycles. The third-order valence-corrected chi connectivity index (χ3v) is 9.09. The molecule has 1 atom stereocenters. The van der Waals surface area contributed by atoms with Gasteiger partial charge in [0, 0.05) is 23.9 Å². The second-order valence-corrected chi connectivity index (χ2v) is 11.3. The van der Waals surface area contributed by atoms with Crippen LogP contribution in [0.25, 0.3) is 0 Å². The van der Waals surface area contributed by atoms with Crippen molar-refractivity contribution in [2.24, 2.45) is 5.92 Å². The first-order valence-corrected chi connectivity index (χ1v) is 13.2. The highest BCUT2D eigenvalue weighted by Crippen LogP contribution is 2.29. The average molecular weight is 487 g/mol. The number of amides is 1. The largest absolute Gasteiger partial charge is 0.344 e. The summed E-state index contributed by atoms with van der Waals surface area (Å²) in [6.45, 7) is 4.34. The van der Waals surface area contributed by atoms with Crippen molar-refractivity contribution in [2.75, 3.05) is 13.1 Å². The summed E-state index contributed by atoms with van der Waals surface area (Å²) < 4.78 is 41.2. The number of piperidine rings is 1. The van der Waals surface area contributed by atoms with Gasteiger partial charge in [0.05, 0.1) is 10.9 Å². The van der Waals surface area contributed by atoms with Crippen LogP contribution >= 0.6 is 11.3 Å². The van der Waals surface area contributed by atoms with Crippen LogP contribution in [0.4, 0.5) is 4.39 Å². The average Bonchev–Trinajstić information content (AvgIpc) is 3.32. The zero-order chi connectivity index (χ0) is 23.6. The van der Waals surface area contributed by atoms with Gasteiger partial charge in [0.2, 0.25) is 15.9 Å². The molecule has 2 aromatic carbocycles. The lowest BCUT2D eigenvalue weighted by Gasteiger charge is -2.32. The molecule has 0 spiro atoms. The fraction of sp³-hybridized carbons (Fsp3) is 0.320. The summed E-state index contributed by atoms with van der Waals surface area (Å²) >= 11 is 1.53. The van der Waals surface area contributed by atoms with Gasteiger partial charge in [-0.25, -0.2) is 12.8 Å². The van der Waals surface area contributed by atoms with Crippen molar-refractivity contribution in [3.05, 3.63) is 87.4 Å². The molecule has 1 aliphatic rings. The fourth-order valence-electron chi connectivity index (χ4n) is 4.28. The van der Waals surface area contributed by atoms with Gasteiger partial charge in [-0.15, -0.1) is 11.3 Å². The van der Waals surface area contributed by atoms with E-state index in [4.69, 9.17) is 0 Å². The van der Waals surface area contributed by atoms with Crippen molar-refractivity contribution in [2.45, 2.75) is 37.6 Å². The van der Waals surface area contributed by atoms with Gasteiger partial charge in [-0.1, -0.05) is 35.9 Å². The lowest BCUT2D eigenvalue weighted by Crippen LogP contribution is -2.43. The maximum Gasteiger partial charge on any atom is 0.243 e. The molecule has 5 nitrogen and oxygen atoms in total. The first-order chi connectivity index (χ1) is 15.8. The Balaban J connectivity index is 1.44. The van der Waals surface area contributed by atoms with E-state index in [9.17, 15) is 17.6 Å². The van der Waals surface area contributed by atoms with Crippen LogP contribution in [0, 0.1) is 25.6 Å². The Morgan fingerprint density at radius 1 is 1.09 bits per heavy atom. The maximum atomic E-state index is 13.4. The molecule has 1 N–H and O–H groups in total. The Hall–Kier alpha value is -2.55. The van der Waals surface area contributed by atoms with Crippen LogP contribution in [-0.2, 0) is 14.8 Å². The predicted octanol–water partition coefficient (Wildman–Crippen LogP) is 4.81. The molecule has 4 rings (SSSR count). The highest BCUT2D eigenvalue weighted by atomic mass is 32.2. The summed E-state index contributed by atoms with van der Waals surface area (Å²) in [6.07, 6.45) is 0.910. The Labute approximate surface area is 198 Å². The minimum absolute atomic E-state index is 0.110. The van der Waals surface area contributed by atoms with E-state index in [-0.39, 0.29) is 23.7 Å². The number of halogens is 1. The molecule has 0 saturated carbocycles. The van der Waals surface area contributed by atoms with Crippen LogP contribution in [0.3, 0.4) is 0 Å². The molecule has 1 amide bonds. The second-order valence-electron chi connectivity index (χ2n) is 8.46. The molecule has 8 heteroatoms. The summed E-state index contributed by atoms with van der Waals surface area (Å²) in [6, 6.07) is 15.0. The van der Waals surface area contributed by atoms with E-state index >= 15 is 0 Å². The van der Waals surface area contributed by atoms with Crippen LogP contribution in [0.5, 0.6) is 0 Å². The van der Waals surface area contributed by atoms with Gasteiger partial charge in [-0.2, -0.15) is 4.31 Å². The van der Waals surface area contributed by atoms with Crippen molar-refractivity contribution >= 4 is 27.3 Å². The number of aryl methyl sites for hydroxylation is 2. The lowest BCUT2D eigenvalue weighted by atomic mass is 9.96. The zero-order valence-electron chi connectivity index (χ0n) is 18.6. The normalized spacial score (nSPS) is 16.5. The molecule has 0 bridgehead atoms. The zero-order valence-corrected chi connectivity index (χ0v) is 20.3. The number of rotatable bonds is 6. The number of nitrogens with one attached hydrogen (secondary N) is 1. The van der Waals surface area contributed by atoms with E-state index in [0.29, 0.717) is 30.8 Å². The number of carbonyl (C=O) groups is 1. The molecule has 1 aliphatic heterocycles. The Kier molecular flexibility index (Phi) is 6.97. The molecule has 1 fully saturated rings. The summed E-state index contributed by atoms with van der Waals surface area (Å²) in [7, 11) is -3.60. The van der Waals surface area contributed by atoms with Crippen LogP contribution in [-0.4, -0.2) is 31.7 Å². The van der Waals surface area contributed by atoms with Gasteiger partial charge < -0.3 is 5.32 Å². The van der Waals surface area contributed by atoms with Crippen molar-refractivity contribution in [1.29, 1.82) is 0 Å². The summed E-state index contributed by atoms with van der Waals surface area (Å²) in [5.41, 5.74) is 2.55. The minimum Gasteiger partial charge on any atom is -0.344 e. The quantitative estimate of drug-likeness (QED) is 0.544. The van der Waals surface area contributed by atoms with E-state index in [2.05, 4.69) is 5.32 Å². The van der Waals surface area contributed by atoms with Gasteiger partial charge in [0.25, 0.3) is 0 Å². The van der Waals surface area contributed by atoms with E-state index in [1.54, 1.807) is 31.2 Å². The van der Waals surface area contributed by atoms with E-state index in [1.165, 1.54) is 27.8 Å². The molecular weight excluding hydrogens is 459 g/mol. The minimum atomic E-state index is -3.60. The van der Waals surface area contributed by atoms with Gasteiger partial charge in [-0.3, -0.25) is 4.79 Å². The van der Waals surface area contributed by atoms with Crippen LogP contribution < -0.4 is 5.32 Å². The van der Waals surface area contributed by atoms with Gasteiger partial charge in [0.1, 0.15) is 5.82 Å². The number of carbonyl (C=O) groups excluding carboxylic acids is 1. The Morgan fingerprint density at radius 3 is 2.39 bits per heavy atom. The van der Waals surface area contributed by atoms with Crippen LogP contribution in [0.1, 0.15) is 40.5 Å². The molecule has 3 aromatic rings. The first kappa shape index (κ1) is 23.6. The van der Waals surface area contributed by atoms with Crippen molar-refractivity contribution < 1.29 is 17.6 Å². The Morgan fingerprint density at radius 2 is 1.79 bits per heavy atom.